The summed E-state index contributed by atoms with van der Waals surface area (Å²) in [6.07, 6.45) is 2.29. The van der Waals surface area contributed by atoms with E-state index < -0.39 is 0 Å². The number of rotatable bonds is 3. The molecule has 1 N–H and O–H groups in total. The Morgan fingerprint density at radius 2 is 2.00 bits per heavy atom. The van der Waals surface area contributed by atoms with Gasteiger partial charge in [-0.25, -0.2) is 0 Å². The quantitative estimate of drug-likeness (QED) is 0.921. The SMILES string of the molecule is CC1(C)CCC(COc2ccc3ccc(O)cc3c2)O1. The van der Waals surface area contributed by atoms with Crippen LogP contribution in [0.2, 0.25) is 0 Å². The molecule has 0 aliphatic carbocycles. The summed E-state index contributed by atoms with van der Waals surface area (Å²) in [5, 5.41) is 11.6. The van der Waals surface area contributed by atoms with Crippen molar-refractivity contribution in [1.82, 2.24) is 0 Å². The lowest BCUT2D eigenvalue weighted by atomic mass is 10.1. The largest absolute Gasteiger partial charge is 0.508 e. The summed E-state index contributed by atoms with van der Waals surface area (Å²) in [4.78, 5) is 0. The number of phenolic OH excluding ortho intramolecular Hbond substituents is 1. The van der Waals surface area contributed by atoms with Crippen molar-refractivity contribution in [1.29, 1.82) is 0 Å². The highest BCUT2D eigenvalue weighted by molar-refractivity contribution is 5.85. The lowest BCUT2D eigenvalue weighted by Gasteiger charge is -2.19. The summed E-state index contributed by atoms with van der Waals surface area (Å²) >= 11 is 0. The van der Waals surface area contributed by atoms with Crippen molar-refractivity contribution < 1.29 is 14.6 Å². The van der Waals surface area contributed by atoms with Crippen molar-refractivity contribution in [2.75, 3.05) is 6.61 Å². The molecule has 3 nitrogen and oxygen atoms in total. The van der Waals surface area contributed by atoms with Crippen LogP contribution < -0.4 is 4.74 Å². The zero-order valence-electron chi connectivity index (χ0n) is 11.9. The lowest BCUT2D eigenvalue weighted by Crippen LogP contribution is -2.23. The maximum Gasteiger partial charge on any atom is 0.120 e. The van der Waals surface area contributed by atoms with Gasteiger partial charge in [0.05, 0.1) is 11.7 Å². The topological polar surface area (TPSA) is 38.7 Å². The van der Waals surface area contributed by atoms with E-state index in [1.807, 2.05) is 24.3 Å². The van der Waals surface area contributed by atoms with Gasteiger partial charge >= 0.3 is 0 Å². The summed E-state index contributed by atoms with van der Waals surface area (Å²) < 4.78 is 11.7. The highest BCUT2D eigenvalue weighted by Gasteiger charge is 2.31. The Labute approximate surface area is 119 Å². The van der Waals surface area contributed by atoms with E-state index in [1.165, 1.54) is 0 Å². The molecule has 0 saturated carbocycles. The van der Waals surface area contributed by atoms with Crippen molar-refractivity contribution in [3.05, 3.63) is 36.4 Å². The van der Waals surface area contributed by atoms with Crippen LogP contribution in [0.5, 0.6) is 11.5 Å². The molecule has 2 aromatic rings. The number of aromatic hydroxyl groups is 1. The second-order valence-corrected chi connectivity index (χ2v) is 6.04. The third kappa shape index (κ3) is 2.88. The fraction of sp³-hybridized carbons (Fsp3) is 0.412. The van der Waals surface area contributed by atoms with Gasteiger partial charge in [-0.2, -0.15) is 0 Å². The van der Waals surface area contributed by atoms with Crippen LogP contribution in [-0.2, 0) is 4.74 Å². The van der Waals surface area contributed by atoms with Crippen LogP contribution >= 0.6 is 0 Å². The average Bonchev–Trinajstić information content (AvgIpc) is 2.75. The van der Waals surface area contributed by atoms with E-state index in [1.54, 1.807) is 12.1 Å². The second-order valence-electron chi connectivity index (χ2n) is 6.04. The normalized spacial score (nSPS) is 21.2. The third-order valence-electron chi connectivity index (χ3n) is 3.79. The maximum absolute atomic E-state index is 9.52. The highest BCUT2D eigenvalue weighted by Crippen LogP contribution is 2.30. The molecule has 1 fully saturated rings. The van der Waals surface area contributed by atoms with Crippen LogP contribution in [0, 0.1) is 0 Å². The van der Waals surface area contributed by atoms with E-state index in [-0.39, 0.29) is 17.5 Å². The molecule has 1 aliphatic heterocycles. The van der Waals surface area contributed by atoms with Crippen LogP contribution in [0.3, 0.4) is 0 Å². The third-order valence-corrected chi connectivity index (χ3v) is 3.79. The van der Waals surface area contributed by atoms with Crippen molar-refractivity contribution in [2.24, 2.45) is 0 Å². The Bertz CT molecular complexity index is 619. The Balaban J connectivity index is 1.69. The Hall–Kier alpha value is -1.74. The number of benzene rings is 2. The molecule has 0 radical (unpaired) electrons. The number of fused-ring (bicyclic) bond motifs is 1. The molecule has 0 aromatic heterocycles. The number of hydrogen-bond acceptors (Lipinski definition) is 3. The molecular formula is C17H20O3. The van der Waals surface area contributed by atoms with Gasteiger partial charge in [0.1, 0.15) is 18.1 Å². The maximum atomic E-state index is 9.52. The summed E-state index contributed by atoms with van der Waals surface area (Å²) in [5.41, 5.74) is -0.0246. The zero-order chi connectivity index (χ0) is 14.2. The van der Waals surface area contributed by atoms with Gasteiger partial charge in [0.25, 0.3) is 0 Å². The molecule has 0 bridgehead atoms. The second kappa shape index (κ2) is 4.98. The van der Waals surface area contributed by atoms with Gasteiger partial charge in [-0.3, -0.25) is 0 Å². The van der Waals surface area contributed by atoms with E-state index in [4.69, 9.17) is 9.47 Å². The number of ether oxygens (including phenoxy) is 2. The fourth-order valence-electron chi connectivity index (χ4n) is 2.69. The summed E-state index contributed by atoms with van der Waals surface area (Å²) in [5.74, 6) is 1.09. The van der Waals surface area contributed by atoms with Gasteiger partial charge < -0.3 is 14.6 Å². The Morgan fingerprint density at radius 3 is 2.75 bits per heavy atom. The van der Waals surface area contributed by atoms with Crippen LogP contribution in [0.15, 0.2) is 36.4 Å². The summed E-state index contributed by atoms with van der Waals surface area (Å²) in [6, 6.07) is 11.3. The Morgan fingerprint density at radius 1 is 1.20 bits per heavy atom. The van der Waals surface area contributed by atoms with E-state index in [9.17, 15) is 5.11 Å². The first-order valence-electron chi connectivity index (χ1n) is 7.05. The van der Waals surface area contributed by atoms with Crippen LogP contribution in [0.25, 0.3) is 10.8 Å². The molecule has 2 aromatic carbocycles. The monoisotopic (exact) mass is 272 g/mol. The van der Waals surface area contributed by atoms with E-state index in [0.29, 0.717) is 6.61 Å². The lowest BCUT2D eigenvalue weighted by molar-refractivity contribution is -0.0326. The minimum absolute atomic E-state index is 0.0246. The summed E-state index contributed by atoms with van der Waals surface area (Å²) in [6.45, 7) is 4.81. The smallest absolute Gasteiger partial charge is 0.120 e. The molecule has 0 spiro atoms. The predicted molar refractivity (Wildman–Crippen MR) is 79.3 cm³/mol. The van der Waals surface area contributed by atoms with Crippen molar-refractivity contribution in [3.63, 3.8) is 0 Å². The minimum Gasteiger partial charge on any atom is -0.508 e. The average molecular weight is 272 g/mol. The van der Waals surface area contributed by atoms with Crippen LogP contribution in [0.1, 0.15) is 26.7 Å². The molecule has 1 unspecified atom stereocenters. The van der Waals surface area contributed by atoms with Gasteiger partial charge in [0.2, 0.25) is 0 Å². The molecule has 106 valence electrons. The van der Waals surface area contributed by atoms with Crippen LogP contribution in [0.4, 0.5) is 0 Å². The van der Waals surface area contributed by atoms with Crippen molar-refractivity contribution >= 4 is 10.8 Å². The molecular weight excluding hydrogens is 252 g/mol. The molecule has 3 heteroatoms. The van der Waals surface area contributed by atoms with Crippen molar-refractivity contribution in [3.8, 4) is 11.5 Å². The van der Waals surface area contributed by atoms with Crippen LogP contribution in [-0.4, -0.2) is 23.4 Å². The fourth-order valence-corrected chi connectivity index (χ4v) is 2.69. The predicted octanol–water partition coefficient (Wildman–Crippen LogP) is 3.88. The first kappa shape index (κ1) is 13.3. The zero-order valence-corrected chi connectivity index (χ0v) is 11.9. The molecule has 3 rings (SSSR count). The molecule has 20 heavy (non-hydrogen) atoms. The van der Waals surface area contributed by atoms with E-state index in [0.717, 1.165) is 29.4 Å². The minimum atomic E-state index is -0.0246. The molecule has 0 amide bonds. The van der Waals surface area contributed by atoms with E-state index >= 15 is 0 Å². The summed E-state index contributed by atoms with van der Waals surface area (Å²) in [7, 11) is 0. The molecule has 1 aliphatic rings. The number of hydrogen-bond donors (Lipinski definition) is 1. The highest BCUT2D eigenvalue weighted by atomic mass is 16.6. The molecule has 1 heterocycles. The first-order valence-corrected chi connectivity index (χ1v) is 7.05. The van der Waals surface area contributed by atoms with Crippen molar-refractivity contribution in [2.45, 2.75) is 38.4 Å². The van der Waals surface area contributed by atoms with Gasteiger partial charge in [-0.15, -0.1) is 0 Å². The van der Waals surface area contributed by atoms with E-state index in [2.05, 4.69) is 13.8 Å². The van der Waals surface area contributed by atoms with Gasteiger partial charge in [0, 0.05) is 0 Å². The van der Waals surface area contributed by atoms with Gasteiger partial charge in [-0.1, -0.05) is 12.1 Å². The standard InChI is InChI=1S/C17H20O3/c1-17(2)8-7-16(20-17)11-19-15-6-4-12-3-5-14(18)9-13(12)10-15/h3-6,9-10,16,18H,7-8,11H2,1-2H3. The first-order chi connectivity index (χ1) is 9.52. The molecule has 1 saturated heterocycles. The Kier molecular flexibility index (Phi) is 3.30. The molecule has 1 atom stereocenters. The van der Waals surface area contributed by atoms with Gasteiger partial charge in [-0.05, 0) is 61.7 Å². The number of phenols is 1. The van der Waals surface area contributed by atoms with Gasteiger partial charge in [0.15, 0.2) is 0 Å².